The van der Waals surface area contributed by atoms with Crippen LogP contribution in [0.25, 0.3) is 0 Å². The molecule has 0 atom stereocenters. The van der Waals surface area contributed by atoms with Crippen LogP contribution in [0, 0.1) is 0 Å². The Morgan fingerprint density at radius 2 is 1.85 bits per heavy atom. The third kappa shape index (κ3) is 9.86. The molecular weight excluding hydrogens is 364 g/mol. The van der Waals surface area contributed by atoms with Crippen LogP contribution in [0.5, 0.6) is 0 Å². The standard InChI is InChI=1S/C20H34N2O4S/c1-4-7-8-9-10-12-19(23)22(13-11-14-25-5-2)15-18-21-17(16-27-18)20(24)26-6-3/h16H,4-15H2,1-3H3. The van der Waals surface area contributed by atoms with Gasteiger partial charge in [-0.3, -0.25) is 4.79 Å². The van der Waals surface area contributed by atoms with E-state index in [1.54, 1.807) is 12.3 Å². The second kappa shape index (κ2) is 14.6. The molecule has 0 unspecified atom stereocenters. The smallest absolute Gasteiger partial charge is 0.357 e. The van der Waals surface area contributed by atoms with Gasteiger partial charge >= 0.3 is 5.97 Å². The third-order valence-corrected chi connectivity index (χ3v) is 4.96. The molecule has 0 aliphatic carbocycles. The molecule has 1 heterocycles. The maximum absolute atomic E-state index is 12.7. The minimum absolute atomic E-state index is 0.149. The van der Waals surface area contributed by atoms with Crippen LogP contribution in [0.3, 0.4) is 0 Å². The largest absolute Gasteiger partial charge is 0.461 e. The summed E-state index contributed by atoms with van der Waals surface area (Å²) in [6, 6.07) is 0. The summed E-state index contributed by atoms with van der Waals surface area (Å²) in [6.45, 7) is 8.64. The van der Waals surface area contributed by atoms with Crippen LogP contribution in [0.4, 0.5) is 0 Å². The maximum atomic E-state index is 12.7. The zero-order valence-electron chi connectivity index (χ0n) is 17.0. The average Bonchev–Trinajstić information content (AvgIpc) is 3.13. The topological polar surface area (TPSA) is 68.7 Å². The van der Waals surface area contributed by atoms with Crippen LogP contribution in [0.2, 0.25) is 0 Å². The summed E-state index contributed by atoms with van der Waals surface area (Å²) in [6.07, 6.45) is 6.99. The lowest BCUT2D eigenvalue weighted by molar-refractivity contribution is -0.132. The van der Waals surface area contributed by atoms with E-state index in [1.165, 1.54) is 30.6 Å². The summed E-state index contributed by atoms with van der Waals surface area (Å²) in [5, 5.41) is 2.45. The van der Waals surface area contributed by atoms with Gasteiger partial charge in [-0.05, 0) is 26.7 Å². The predicted molar refractivity (Wildman–Crippen MR) is 108 cm³/mol. The molecule has 0 aliphatic rings. The fourth-order valence-electron chi connectivity index (χ4n) is 2.68. The first-order valence-electron chi connectivity index (χ1n) is 10.1. The zero-order chi connectivity index (χ0) is 19.9. The summed E-state index contributed by atoms with van der Waals surface area (Å²) in [5.74, 6) is -0.263. The number of carbonyl (C=O) groups excluding carboxylic acids is 2. The van der Waals surface area contributed by atoms with Crippen LogP contribution < -0.4 is 0 Å². The molecule has 0 aliphatic heterocycles. The number of esters is 1. The van der Waals surface area contributed by atoms with Gasteiger partial charge in [0, 0.05) is 31.6 Å². The highest BCUT2D eigenvalue weighted by Crippen LogP contribution is 2.15. The monoisotopic (exact) mass is 398 g/mol. The minimum Gasteiger partial charge on any atom is -0.461 e. The van der Waals surface area contributed by atoms with Crippen LogP contribution in [0.15, 0.2) is 5.38 Å². The number of unbranched alkanes of at least 4 members (excludes halogenated alkanes) is 4. The van der Waals surface area contributed by atoms with E-state index >= 15 is 0 Å². The van der Waals surface area contributed by atoms with Crippen molar-refractivity contribution in [3.8, 4) is 0 Å². The van der Waals surface area contributed by atoms with E-state index in [-0.39, 0.29) is 5.91 Å². The van der Waals surface area contributed by atoms with E-state index < -0.39 is 5.97 Å². The van der Waals surface area contributed by atoms with Crippen LogP contribution in [-0.2, 0) is 20.8 Å². The Morgan fingerprint density at radius 1 is 1.07 bits per heavy atom. The molecule has 0 aromatic carbocycles. The van der Waals surface area contributed by atoms with Crippen molar-refractivity contribution >= 4 is 23.2 Å². The van der Waals surface area contributed by atoms with Gasteiger partial charge in [0.15, 0.2) is 5.69 Å². The Kier molecular flexibility index (Phi) is 12.7. The Morgan fingerprint density at radius 3 is 2.56 bits per heavy atom. The molecule has 0 fully saturated rings. The quantitative estimate of drug-likeness (QED) is 0.323. The molecule has 1 amide bonds. The third-order valence-electron chi connectivity index (χ3n) is 4.13. The van der Waals surface area contributed by atoms with Crippen molar-refractivity contribution in [3.63, 3.8) is 0 Å². The molecule has 1 aromatic heterocycles. The van der Waals surface area contributed by atoms with Crippen LogP contribution in [-0.4, -0.2) is 48.1 Å². The number of hydrogen-bond acceptors (Lipinski definition) is 6. The van der Waals surface area contributed by atoms with E-state index in [9.17, 15) is 9.59 Å². The fraction of sp³-hybridized carbons (Fsp3) is 0.750. The molecule has 27 heavy (non-hydrogen) atoms. The number of hydrogen-bond donors (Lipinski definition) is 0. The van der Waals surface area contributed by atoms with E-state index in [0.29, 0.717) is 45.0 Å². The molecule has 1 aromatic rings. The molecule has 0 saturated heterocycles. The molecule has 0 N–H and O–H groups in total. The number of ether oxygens (including phenoxy) is 2. The summed E-state index contributed by atoms with van der Waals surface area (Å²) in [7, 11) is 0. The Hall–Kier alpha value is -1.47. The van der Waals surface area contributed by atoms with Crippen molar-refractivity contribution in [1.29, 1.82) is 0 Å². The van der Waals surface area contributed by atoms with Crippen molar-refractivity contribution in [2.24, 2.45) is 0 Å². The fourth-order valence-corrected chi connectivity index (χ4v) is 3.46. The number of thiazole rings is 1. The highest BCUT2D eigenvalue weighted by atomic mass is 32.1. The number of rotatable bonds is 15. The molecule has 0 radical (unpaired) electrons. The zero-order valence-corrected chi connectivity index (χ0v) is 17.8. The van der Waals surface area contributed by atoms with Crippen molar-refractivity contribution in [3.05, 3.63) is 16.1 Å². The highest BCUT2D eigenvalue weighted by molar-refractivity contribution is 7.09. The van der Waals surface area contributed by atoms with Crippen molar-refractivity contribution in [1.82, 2.24) is 9.88 Å². The Balaban J connectivity index is 2.59. The molecule has 6 nitrogen and oxygen atoms in total. The lowest BCUT2D eigenvalue weighted by Crippen LogP contribution is -2.32. The van der Waals surface area contributed by atoms with Gasteiger partial charge in [-0.2, -0.15) is 0 Å². The second-order valence-corrected chi connectivity index (χ2v) is 7.32. The molecule has 0 saturated carbocycles. The lowest BCUT2D eigenvalue weighted by atomic mass is 10.1. The Bertz CT molecular complexity index is 548. The predicted octanol–water partition coefficient (Wildman–Crippen LogP) is 4.44. The minimum atomic E-state index is -0.412. The second-order valence-electron chi connectivity index (χ2n) is 6.38. The number of nitrogens with zero attached hydrogens (tertiary/aromatic N) is 2. The average molecular weight is 399 g/mol. The lowest BCUT2D eigenvalue weighted by Gasteiger charge is -2.21. The summed E-state index contributed by atoms with van der Waals surface area (Å²) in [5.41, 5.74) is 0.318. The van der Waals surface area contributed by atoms with Gasteiger partial charge < -0.3 is 14.4 Å². The molecule has 0 spiro atoms. The number of aromatic nitrogens is 1. The first-order chi connectivity index (χ1) is 13.1. The summed E-state index contributed by atoms with van der Waals surface area (Å²) in [4.78, 5) is 30.6. The Labute approximate surface area is 167 Å². The normalized spacial score (nSPS) is 10.8. The van der Waals surface area contributed by atoms with E-state index in [2.05, 4.69) is 11.9 Å². The van der Waals surface area contributed by atoms with E-state index in [1.807, 2.05) is 11.8 Å². The van der Waals surface area contributed by atoms with Crippen molar-refractivity contribution in [2.75, 3.05) is 26.4 Å². The van der Waals surface area contributed by atoms with Gasteiger partial charge in [-0.1, -0.05) is 32.6 Å². The van der Waals surface area contributed by atoms with Gasteiger partial charge in [-0.15, -0.1) is 11.3 Å². The summed E-state index contributed by atoms with van der Waals surface area (Å²) < 4.78 is 10.4. The molecule has 0 bridgehead atoms. The first-order valence-corrected chi connectivity index (χ1v) is 11.0. The first kappa shape index (κ1) is 23.6. The van der Waals surface area contributed by atoms with Gasteiger partial charge in [0.1, 0.15) is 5.01 Å². The molecule has 7 heteroatoms. The number of carbonyl (C=O) groups is 2. The van der Waals surface area contributed by atoms with Crippen molar-refractivity contribution < 1.29 is 19.1 Å². The van der Waals surface area contributed by atoms with Gasteiger partial charge in [0.05, 0.1) is 13.2 Å². The van der Waals surface area contributed by atoms with Crippen molar-refractivity contribution in [2.45, 2.75) is 72.3 Å². The summed E-state index contributed by atoms with van der Waals surface area (Å²) >= 11 is 1.39. The SMILES string of the molecule is CCCCCCCC(=O)N(CCCOCC)Cc1nc(C(=O)OCC)cs1. The van der Waals surface area contributed by atoms with Crippen LogP contribution >= 0.6 is 11.3 Å². The number of amides is 1. The van der Waals surface area contributed by atoms with Gasteiger partial charge in [0.2, 0.25) is 5.91 Å². The molecular formula is C20H34N2O4S. The molecule has 154 valence electrons. The van der Waals surface area contributed by atoms with Crippen LogP contribution in [0.1, 0.15) is 81.2 Å². The maximum Gasteiger partial charge on any atom is 0.357 e. The molecule has 1 rings (SSSR count). The van der Waals surface area contributed by atoms with E-state index in [4.69, 9.17) is 9.47 Å². The van der Waals surface area contributed by atoms with Gasteiger partial charge in [0.25, 0.3) is 0 Å². The van der Waals surface area contributed by atoms with Gasteiger partial charge in [-0.25, -0.2) is 9.78 Å². The van der Waals surface area contributed by atoms with E-state index in [0.717, 1.165) is 24.3 Å². The highest BCUT2D eigenvalue weighted by Gasteiger charge is 2.17.